The summed E-state index contributed by atoms with van der Waals surface area (Å²) in [5.41, 5.74) is 2.36. The van der Waals surface area contributed by atoms with Crippen LogP contribution in [0.4, 0.5) is 5.13 Å². The maximum absolute atomic E-state index is 13.0. The highest BCUT2D eigenvalue weighted by atomic mass is 32.1. The minimum absolute atomic E-state index is 0.0308. The summed E-state index contributed by atoms with van der Waals surface area (Å²) >= 11 is 1.64. The van der Waals surface area contributed by atoms with Gasteiger partial charge in [0.1, 0.15) is 5.69 Å². The van der Waals surface area contributed by atoms with Crippen LogP contribution in [0.25, 0.3) is 5.69 Å². The highest BCUT2D eigenvalue weighted by Crippen LogP contribution is 2.20. The first-order valence-electron chi connectivity index (χ1n) is 8.28. The van der Waals surface area contributed by atoms with Gasteiger partial charge in [0.25, 0.3) is 5.91 Å². The molecule has 2 aromatic heterocycles. The average Bonchev–Trinajstić information content (AvgIpc) is 3.32. The molecule has 0 saturated carbocycles. The van der Waals surface area contributed by atoms with Gasteiger partial charge in [-0.2, -0.15) is 5.10 Å². The van der Waals surface area contributed by atoms with Crippen molar-refractivity contribution >= 4 is 22.4 Å². The summed E-state index contributed by atoms with van der Waals surface area (Å²) in [4.78, 5) is 21.5. The normalized spacial score (nSPS) is 14.8. The largest absolute Gasteiger partial charge is 0.345 e. The van der Waals surface area contributed by atoms with Gasteiger partial charge >= 0.3 is 0 Å². The van der Waals surface area contributed by atoms with Crippen LogP contribution in [0.5, 0.6) is 0 Å². The number of hydrogen-bond acceptors (Lipinski definition) is 5. The van der Waals surface area contributed by atoms with Crippen molar-refractivity contribution < 1.29 is 4.79 Å². The second-order valence-electron chi connectivity index (χ2n) is 6.01. The van der Waals surface area contributed by atoms with Crippen LogP contribution in [0.3, 0.4) is 0 Å². The molecule has 0 aliphatic carbocycles. The molecule has 0 bridgehead atoms. The van der Waals surface area contributed by atoms with E-state index < -0.39 is 0 Å². The fourth-order valence-corrected chi connectivity index (χ4v) is 3.75. The Labute approximate surface area is 150 Å². The Morgan fingerprint density at radius 1 is 1.12 bits per heavy atom. The molecule has 0 N–H and O–H groups in total. The van der Waals surface area contributed by atoms with Gasteiger partial charge in [-0.25, -0.2) is 9.67 Å². The van der Waals surface area contributed by atoms with Gasteiger partial charge in [-0.1, -0.05) is 18.2 Å². The second-order valence-corrected chi connectivity index (χ2v) is 6.89. The van der Waals surface area contributed by atoms with Crippen LogP contribution in [0, 0.1) is 6.92 Å². The number of thiazole rings is 1. The average molecular weight is 353 g/mol. The number of rotatable bonds is 3. The number of hydrogen-bond donors (Lipinski definition) is 0. The second kappa shape index (κ2) is 6.68. The first-order chi connectivity index (χ1) is 12.2. The SMILES string of the molecule is Cc1cc(C(=O)N2CCN(c3nccs3)CC2)n(-c2ccccc2)n1. The van der Waals surface area contributed by atoms with Gasteiger partial charge in [-0.3, -0.25) is 4.79 Å². The van der Waals surface area contributed by atoms with E-state index in [0.29, 0.717) is 18.8 Å². The van der Waals surface area contributed by atoms with Crippen molar-refractivity contribution in [1.82, 2.24) is 19.7 Å². The van der Waals surface area contributed by atoms with Crippen LogP contribution >= 0.6 is 11.3 Å². The Morgan fingerprint density at radius 3 is 2.56 bits per heavy atom. The summed E-state index contributed by atoms with van der Waals surface area (Å²) in [6.45, 7) is 4.90. The van der Waals surface area contributed by atoms with E-state index in [2.05, 4.69) is 15.0 Å². The van der Waals surface area contributed by atoms with Crippen molar-refractivity contribution in [1.29, 1.82) is 0 Å². The lowest BCUT2D eigenvalue weighted by Crippen LogP contribution is -2.49. The third-order valence-electron chi connectivity index (χ3n) is 4.31. The molecule has 1 aliphatic heterocycles. The summed E-state index contributed by atoms with van der Waals surface area (Å²) in [5.74, 6) is 0.0308. The molecule has 3 heterocycles. The van der Waals surface area contributed by atoms with E-state index in [-0.39, 0.29) is 5.91 Å². The number of carbonyl (C=O) groups excluding carboxylic acids is 1. The van der Waals surface area contributed by atoms with Gasteiger partial charge in [0.15, 0.2) is 5.13 Å². The van der Waals surface area contributed by atoms with E-state index in [1.165, 1.54) is 0 Å². The molecule has 1 fully saturated rings. The number of benzene rings is 1. The molecule has 7 heteroatoms. The van der Waals surface area contributed by atoms with E-state index in [0.717, 1.165) is 29.6 Å². The lowest BCUT2D eigenvalue weighted by molar-refractivity contribution is 0.0737. The van der Waals surface area contributed by atoms with Crippen molar-refractivity contribution in [3.05, 3.63) is 59.4 Å². The molecular weight excluding hydrogens is 334 g/mol. The Kier molecular flexibility index (Phi) is 4.23. The lowest BCUT2D eigenvalue weighted by Gasteiger charge is -2.34. The molecule has 128 valence electrons. The number of amides is 1. The quantitative estimate of drug-likeness (QED) is 0.726. The third-order valence-corrected chi connectivity index (χ3v) is 5.14. The molecule has 1 amide bonds. The first-order valence-corrected chi connectivity index (χ1v) is 9.16. The Bertz CT molecular complexity index is 851. The van der Waals surface area contributed by atoms with Crippen molar-refractivity contribution in [2.75, 3.05) is 31.1 Å². The molecule has 3 aromatic rings. The Balaban J connectivity index is 1.53. The predicted molar refractivity (Wildman–Crippen MR) is 98.5 cm³/mol. The van der Waals surface area contributed by atoms with Crippen molar-refractivity contribution in [2.24, 2.45) is 0 Å². The fourth-order valence-electron chi connectivity index (χ4n) is 3.05. The Morgan fingerprint density at radius 2 is 1.88 bits per heavy atom. The lowest BCUT2D eigenvalue weighted by atomic mass is 10.2. The van der Waals surface area contributed by atoms with E-state index in [4.69, 9.17) is 0 Å². The third kappa shape index (κ3) is 3.15. The molecule has 25 heavy (non-hydrogen) atoms. The number of aryl methyl sites for hydroxylation is 1. The zero-order valence-corrected chi connectivity index (χ0v) is 14.8. The molecule has 1 aromatic carbocycles. The minimum Gasteiger partial charge on any atom is -0.345 e. The molecule has 1 aliphatic rings. The number of aromatic nitrogens is 3. The summed E-state index contributed by atoms with van der Waals surface area (Å²) in [5, 5.41) is 7.51. The number of para-hydroxylation sites is 1. The molecule has 4 rings (SSSR count). The zero-order valence-electron chi connectivity index (χ0n) is 14.0. The molecule has 1 saturated heterocycles. The monoisotopic (exact) mass is 353 g/mol. The summed E-state index contributed by atoms with van der Waals surface area (Å²) in [6, 6.07) is 11.6. The van der Waals surface area contributed by atoms with Gasteiger partial charge < -0.3 is 9.80 Å². The van der Waals surface area contributed by atoms with Crippen LogP contribution < -0.4 is 4.90 Å². The van der Waals surface area contributed by atoms with Crippen molar-refractivity contribution in [2.45, 2.75) is 6.92 Å². The summed E-state index contributed by atoms with van der Waals surface area (Å²) in [6.07, 6.45) is 1.82. The zero-order chi connectivity index (χ0) is 17.2. The highest BCUT2D eigenvalue weighted by molar-refractivity contribution is 7.13. The number of piperazine rings is 1. The number of carbonyl (C=O) groups is 1. The van der Waals surface area contributed by atoms with Crippen molar-refractivity contribution in [3.63, 3.8) is 0 Å². The molecular formula is C18H19N5OS. The van der Waals surface area contributed by atoms with Crippen LogP contribution in [0.1, 0.15) is 16.2 Å². The maximum atomic E-state index is 13.0. The van der Waals surface area contributed by atoms with Gasteiger partial charge in [0.05, 0.1) is 11.4 Å². The molecule has 0 radical (unpaired) electrons. The number of nitrogens with zero attached hydrogens (tertiary/aromatic N) is 5. The molecule has 0 unspecified atom stereocenters. The first kappa shape index (κ1) is 15.8. The Hall–Kier alpha value is -2.67. The van der Waals surface area contributed by atoms with E-state index in [1.54, 1.807) is 16.0 Å². The predicted octanol–water partition coefficient (Wildman–Crippen LogP) is 2.60. The highest BCUT2D eigenvalue weighted by Gasteiger charge is 2.26. The van der Waals surface area contributed by atoms with Gasteiger partial charge in [-0.05, 0) is 25.1 Å². The van der Waals surface area contributed by atoms with Crippen molar-refractivity contribution in [3.8, 4) is 5.69 Å². The van der Waals surface area contributed by atoms with E-state index in [1.807, 2.05) is 59.8 Å². The molecule has 0 atom stereocenters. The van der Waals surface area contributed by atoms with E-state index in [9.17, 15) is 4.79 Å². The van der Waals surface area contributed by atoms with Gasteiger partial charge in [-0.15, -0.1) is 11.3 Å². The summed E-state index contributed by atoms with van der Waals surface area (Å²) in [7, 11) is 0. The van der Waals surface area contributed by atoms with Gasteiger partial charge in [0, 0.05) is 37.8 Å². The molecule has 0 spiro atoms. The minimum atomic E-state index is 0.0308. The van der Waals surface area contributed by atoms with E-state index >= 15 is 0 Å². The number of anilines is 1. The standard InChI is InChI=1S/C18H19N5OS/c1-14-13-16(23(20-14)15-5-3-2-4-6-15)17(24)21-8-10-22(11-9-21)18-19-7-12-25-18/h2-7,12-13H,8-11H2,1H3. The molecule has 6 nitrogen and oxygen atoms in total. The van der Waals surface area contributed by atoms with Crippen LogP contribution in [0.15, 0.2) is 48.0 Å². The topological polar surface area (TPSA) is 54.3 Å². The summed E-state index contributed by atoms with van der Waals surface area (Å²) < 4.78 is 1.74. The fraction of sp³-hybridized carbons (Fsp3) is 0.278. The van der Waals surface area contributed by atoms with Gasteiger partial charge in [0.2, 0.25) is 0 Å². The van der Waals surface area contributed by atoms with Crippen LogP contribution in [0.2, 0.25) is 0 Å². The maximum Gasteiger partial charge on any atom is 0.272 e. The van der Waals surface area contributed by atoms with Crippen LogP contribution in [-0.4, -0.2) is 51.8 Å². The smallest absolute Gasteiger partial charge is 0.272 e. The van der Waals surface area contributed by atoms with Crippen LogP contribution in [-0.2, 0) is 0 Å².